The minimum absolute atomic E-state index is 0.0691. The molecule has 0 aliphatic heterocycles. The van der Waals surface area contributed by atoms with Gasteiger partial charge < -0.3 is 5.32 Å². The summed E-state index contributed by atoms with van der Waals surface area (Å²) in [6.45, 7) is 0. The van der Waals surface area contributed by atoms with Crippen molar-refractivity contribution in [3.63, 3.8) is 0 Å². The summed E-state index contributed by atoms with van der Waals surface area (Å²) in [6, 6.07) is 6.03. The molecule has 0 aliphatic carbocycles. The average molecular weight is 275 g/mol. The standard InChI is InChI=1S/C11H6ClF3N2O/c12-7-4-6-2-1-3-16-9(6)8(5-7)17-10(18)11(13,14)15/h1-5H,(H,17,18). The van der Waals surface area contributed by atoms with Crippen molar-refractivity contribution in [2.75, 3.05) is 5.32 Å². The first-order valence-corrected chi connectivity index (χ1v) is 5.18. The predicted octanol–water partition coefficient (Wildman–Crippen LogP) is 3.39. The van der Waals surface area contributed by atoms with Crippen molar-refractivity contribution in [3.8, 4) is 0 Å². The number of pyridine rings is 1. The number of rotatable bonds is 1. The molecule has 0 saturated carbocycles. The van der Waals surface area contributed by atoms with E-state index < -0.39 is 12.1 Å². The van der Waals surface area contributed by atoms with Gasteiger partial charge in [-0.2, -0.15) is 13.2 Å². The maximum absolute atomic E-state index is 12.2. The summed E-state index contributed by atoms with van der Waals surface area (Å²) in [7, 11) is 0. The van der Waals surface area contributed by atoms with Crippen LogP contribution in [0.3, 0.4) is 0 Å². The number of fused-ring (bicyclic) bond motifs is 1. The lowest BCUT2D eigenvalue weighted by molar-refractivity contribution is -0.167. The first-order valence-electron chi connectivity index (χ1n) is 4.80. The number of carbonyl (C=O) groups is 1. The van der Waals surface area contributed by atoms with Gasteiger partial charge in [-0.1, -0.05) is 17.7 Å². The number of nitrogens with one attached hydrogen (secondary N) is 1. The van der Waals surface area contributed by atoms with E-state index >= 15 is 0 Å². The number of hydrogen-bond acceptors (Lipinski definition) is 2. The summed E-state index contributed by atoms with van der Waals surface area (Å²) in [5.74, 6) is -2.06. The van der Waals surface area contributed by atoms with Crippen molar-refractivity contribution >= 4 is 34.1 Å². The lowest BCUT2D eigenvalue weighted by Gasteiger charge is -2.10. The van der Waals surface area contributed by atoms with Crippen LogP contribution >= 0.6 is 11.6 Å². The minimum atomic E-state index is -4.95. The van der Waals surface area contributed by atoms with E-state index in [0.29, 0.717) is 5.39 Å². The molecule has 2 aromatic rings. The van der Waals surface area contributed by atoms with Gasteiger partial charge in [0, 0.05) is 16.6 Å². The molecule has 18 heavy (non-hydrogen) atoms. The van der Waals surface area contributed by atoms with E-state index in [0.717, 1.165) is 0 Å². The predicted molar refractivity (Wildman–Crippen MR) is 61.4 cm³/mol. The van der Waals surface area contributed by atoms with E-state index in [4.69, 9.17) is 11.6 Å². The van der Waals surface area contributed by atoms with Crippen molar-refractivity contribution in [1.29, 1.82) is 0 Å². The Hall–Kier alpha value is -1.82. The molecular formula is C11H6ClF3N2O. The van der Waals surface area contributed by atoms with Gasteiger partial charge in [0.1, 0.15) is 0 Å². The first kappa shape index (κ1) is 12.6. The Bertz CT molecular complexity index is 613. The van der Waals surface area contributed by atoms with Gasteiger partial charge in [-0.25, -0.2) is 0 Å². The normalized spacial score (nSPS) is 11.6. The van der Waals surface area contributed by atoms with Gasteiger partial charge in [-0.05, 0) is 18.2 Å². The van der Waals surface area contributed by atoms with Gasteiger partial charge in [0.2, 0.25) is 0 Å². The second kappa shape index (κ2) is 4.45. The molecule has 1 N–H and O–H groups in total. The highest BCUT2D eigenvalue weighted by molar-refractivity contribution is 6.32. The molecule has 3 nitrogen and oxygen atoms in total. The van der Waals surface area contributed by atoms with E-state index in [-0.39, 0.29) is 16.2 Å². The topological polar surface area (TPSA) is 42.0 Å². The Morgan fingerprint density at radius 1 is 1.33 bits per heavy atom. The monoisotopic (exact) mass is 274 g/mol. The number of nitrogens with zero attached hydrogens (tertiary/aromatic N) is 1. The second-order valence-corrected chi connectivity index (χ2v) is 3.92. The van der Waals surface area contributed by atoms with Crippen LogP contribution in [0, 0.1) is 0 Å². The molecule has 1 amide bonds. The van der Waals surface area contributed by atoms with Crippen molar-refractivity contribution < 1.29 is 18.0 Å². The number of aromatic nitrogens is 1. The van der Waals surface area contributed by atoms with Crippen LogP contribution in [0.4, 0.5) is 18.9 Å². The molecule has 0 saturated heterocycles. The maximum Gasteiger partial charge on any atom is 0.471 e. The summed E-state index contributed by atoms with van der Waals surface area (Å²) in [5, 5.41) is 2.51. The molecule has 1 aromatic heterocycles. The quantitative estimate of drug-likeness (QED) is 0.866. The Balaban J connectivity index is 2.48. The summed E-state index contributed by atoms with van der Waals surface area (Å²) in [4.78, 5) is 14.8. The molecule has 0 spiro atoms. The van der Waals surface area contributed by atoms with Crippen molar-refractivity contribution in [3.05, 3.63) is 35.5 Å². The Morgan fingerprint density at radius 2 is 2.06 bits per heavy atom. The van der Waals surface area contributed by atoms with E-state index in [1.54, 1.807) is 23.5 Å². The van der Waals surface area contributed by atoms with Crippen LogP contribution in [0.5, 0.6) is 0 Å². The van der Waals surface area contributed by atoms with Crippen LogP contribution in [0.2, 0.25) is 5.02 Å². The third-order valence-corrected chi connectivity index (χ3v) is 2.39. The fourth-order valence-corrected chi connectivity index (χ4v) is 1.67. The molecule has 0 unspecified atom stereocenters. The summed E-state index contributed by atoms with van der Waals surface area (Å²) in [5.41, 5.74) is 0.180. The summed E-state index contributed by atoms with van der Waals surface area (Å²) >= 11 is 5.76. The number of amides is 1. The highest BCUT2D eigenvalue weighted by Gasteiger charge is 2.39. The van der Waals surface area contributed by atoms with E-state index in [1.807, 2.05) is 0 Å². The molecule has 0 aliphatic rings. The van der Waals surface area contributed by atoms with Gasteiger partial charge in [0.15, 0.2) is 0 Å². The molecule has 1 aromatic carbocycles. The molecule has 0 bridgehead atoms. The Labute approximate surface area is 105 Å². The van der Waals surface area contributed by atoms with Crippen molar-refractivity contribution in [1.82, 2.24) is 4.98 Å². The minimum Gasteiger partial charge on any atom is -0.316 e. The van der Waals surface area contributed by atoms with E-state index in [9.17, 15) is 18.0 Å². The van der Waals surface area contributed by atoms with Crippen LogP contribution in [0.15, 0.2) is 30.5 Å². The van der Waals surface area contributed by atoms with Gasteiger partial charge in [-0.3, -0.25) is 9.78 Å². The number of halogens is 4. The Morgan fingerprint density at radius 3 is 2.72 bits per heavy atom. The SMILES string of the molecule is O=C(Nc1cc(Cl)cc2cccnc12)C(F)(F)F. The van der Waals surface area contributed by atoms with Gasteiger partial charge in [0.05, 0.1) is 11.2 Å². The second-order valence-electron chi connectivity index (χ2n) is 3.48. The maximum atomic E-state index is 12.2. The molecular weight excluding hydrogens is 269 g/mol. The molecule has 7 heteroatoms. The van der Waals surface area contributed by atoms with E-state index in [2.05, 4.69) is 4.98 Å². The largest absolute Gasteiger partial charge is 0.471 e. The van der Waals surface area contributed by atoms with Gasteiger partial charge in [0.25, 0.3) is 0 Å². The third-order valence-electron chi connectivity index (χ3n) is 2.18. The molecule has 1 heterocycles. The van der Waals surface area contributed by atoms with E-state index in [1.165, 1.54) is 12.3 Å². The van der Waals surface area contributed by atoms with Crippen LogP contribution in [0.25, 0.3) is 10.9 Å². The van der Waals surface area contributed by atoms with Gasteiger partial charge >= 0.3 is 12.1 Å². The lowest BCUT2D eigenvalue weighted by Crippen LogP contribution is -2.30. The number of carbonyl (C=O) groups excluding carboxylic acids is 1. The zero-order valence-electron chi connectivity index (χ0n) is 8.75. The van der Waals surface area contributed by atoms with Crippen LogP contribution in [-0.4, -0.2) is 17.1 Å². The fourth-order valence-electron chi connectivity index (χ4n) is 1.44. The molecule has 0 fully saturated rings. The average Bonchev–Trinajstić information content (AvgIpc) is 2.27. The molecule has 0 radical (unpaired) electrons. The summed E-state index contributed by atoms with van der Waals surface area (Å²) < 4.78 is 36.5. The van der Waals surface area contributed by atoms with Crippen LogP contribution in [0.1, 0.15) is 0 Å². The number of alkyl halides is 3. The fraction of sp³-hybridized carbons (Fsp3) is 0.0909. The lowest BCUT2D eigenvalue weighted by atomic mass is 10.2. The Kier molecular flexibility index (Phi) is 3.13. The zero-order valence-corrected chi connectivity index (χ0v) is 9.51. The van der Waals surface area contributed by atoms with Crippen molar-refractivity contribution in [2.45, 2.75) is 6.18 Å². The molecule has 2 rings (SSSR count). The zero-order chi connectivity index (χ0) is 13.3. The van der Waals surface area contributed by atoms with Crippen LogP contribution < -0.4 is 5.32 Å². The smallest absolute Gasteiger partial charge is 0.316 e. The third kappa shape index (κ3) is 2.53. The highest BCUT2D eigenvalue weighted by atomic mass is 35.5. The highest BCUT2D eigenvalue weighted by Crippen LogP contribution is 2.27. The van der Waals surface area contributed by atoms with Gasteiger partial charge in [-0.15, -0.1) is 0 Å². The van der Waals surface area contributed by atoms with Crippen LogP contribution in [-0.2, 0) is 4.79 Å². The number of hydrogen-bond donors (Lipinski definition) is 1. The first-order chi connectivity index (χ1) is 8.38. The number of benzene rings is 1. The number of anilines is 1. The molecule has 0 atom stereocenters. The summed E-state index contributed by atoms with van der Waals surface area (Å²) in [6.07, 6.45) is -3.54. The molecule has 94 valence electrons. The van der Waals surface area contributed by atoms with Crippen molar-refractivity contribution in [2.24, 2.45) is 0 Å².